The number of aliphatic hydroxyl groups excluding tert-OH is 1. The predicted octanol–water partition coefficient (Wildman–Crippen LogP) is 2.23. The van der Waals surface area contributed by atoms with E-state index in [1.54, 1.807) is 12.1 Å². The van der Waals surface area contributed by atoms with Crippen LogP contribution in [0.5, 0.6) is 11.5 Å². The predicted molar refractivity (Wildman–Crippen MR) is 74.3 cm³/mol. The van der Waals surface area contributed by atoms with Gasteiger partial charge in [0.1, 0.15) is 11.5 Å². The fourth-order valence-corrected chi connectivity index (χ4v) is 1.75. The van der Waals surface area contributed by atoms with Crippen LogP contribution >= 0.6 is 12.4 Å². The summed E-state index contributed by atoms with van der Waals surface area (Å²) in [6.45, 7) is 3.96. The van der Waals surface area contributed by atoms with E-state index in [2.05, 4.69) is 0 Å². The number of rotatable bonds is 5. The van der Waals surface area contributed by atoms with E-state index in [0.717, 1.165) is 6.42 Å². The van der Waals surface area contributed by atoms with Crippen LogP contribution in [0.2, 0.25) is 0 Å². The van der Waals surface area contributed by atoms with Crippen LogP contribution in [0, 0.1) is 5.92 Å². The fraction of sp³-hybridized carbons (Fsp3) is 0.538. The summed E-state index contributed by atoms with van der Waals surface area (Å²) in [6, 6.07) is 4.21. The third kappa shape index (κ3) is 3.77. The number of hydrogen-bond acceptors (Lipinski definition) is 4. The molecule has 1 aromatic rings. The second kappa shape index (κ2) is 7.46. The van der Waals surface area contributed by atoms with Crippen molar-refractivity contribution in [3.63, 3.8) is 0 Å². The molecule has 4 nitrogen and oxygen atoms in total. The molecule has 104 valence electrons. The lowest BCUT2D eigenvalue weighted by Crippen LogP contribution is -2.31. The first kappa shape index (κ1) is 17.0. The number of phenolic OH excluding ortho intramolecular Hbond substituents is 1. The van der Waals surface area contributed by atoms with E-state index < -0.39 is 12.1 Å². The van der Waals surface area contributed by atoms with Gasteiger partial charge in [-0.2, -0.15) is 0 Å². The first-order chi connectivity index (χ1) is 8.01. The molecule has 1 rings (SSSR count). The molecular weight excluding hydrogens is 254 g/mol. The highest BCUT2D eigenvalue weighted by Gasteiger charge is 2.24. The highest BCUT2D eigenvalue weighted by molar-refractivity contribution is 5.85. The van der Waals surface area contributed by atoms with Gasteiger partial charge in [0, 0.05) is 11.6 Å². The van der Waals surface area contributed by atoms with Crippen LogP contribution in [0.25, 0.3) is 0 Å². The Kier molecular flexibility index (Phi) is 7.06. The average molecular weight is 276 g/mol. The van der Waals surface area contributed by atoms with Crippen molar-refractivity contribution in [2.45, 2.75) is 32.4 Å². The molecular formula is C13H22ClNO3. The lowest BCUT2D eigenvalue weighted by atomic mass is 9.91. The number of methoxy groups -OCH3 is 1. The molecule has 4 N–H and O–H groups in total. The Morgan fingerprint density at radius 3 is 2.50 bits per heavy atom. The number of ether oxygens (including phenoxy) is 1. The molecule has 0 amide bonds. The maximum Gasteiger partial charge on any atom is 0.127 e. The fourth-order valence-electron chi connectivity index (χ4n) is 1.75. The third-order valence-corrected chi connectivity index (χ3v) is 3.17. The summed E-state index contributed by atoms with van der Waals surface area (Å²) in [4.78, 5) is 0. The smallest absolute Gasteiger partial charge is 0.127 e. The van der Waals surface area contributed by atoms with E-state index in [1.165, 1.54) is 13.2 Å². The van der Waals surface area contributed by atoms with Crippen molar-refractivity contribution >= 4 is 12.4 Å². The number of phenols is 1. The molecule has 1 unspecified atom stereocenters. The minimum absolute atomic E-state index is 0. The van der Waals surface area contributed by atoms with Crippen molar-refractivity contribution in [2.75, 3.05) is 7.11 Å². The molecule has 0 bridgehead atoms. The SMILES string of the molecule is CCC(C)[C@H](O)[C@H](N)c1ccc(O)cc1OC.Cl. The summed E-state index contributed by atoms with van der Waals surface area (Å²) in [5, 5.41) is 19.4. The largest absolute Gasteiger partial charge is 0.508 e. The molecule has 0 aliphatic carbocycles. The van der Waals surface area contributed by atoms with Gasteiger partial charge in [-0.25, -0.2) is 0 Å². The first-order valence-corrected chi connectivity index (χ1v) is 5.81. The van der Waals surface area contributed by atoms with E-state index in [0.29, 0.717) is 11.3 Å². The maximum atomic E-state index is 10.1. The van der Waals surface area contributed by atoms with Gasteiger partial charge < -0.3 is 20.7 Å². The van der Waals surface area contributed by atoms with E-state index in [9.17, 15) is 10.2 Å². The lowest BCUT2D eigenvalue weighted by molar-refractivity contribution is 0.0870. The van der Waals surface area contributed by atoms with Gasteiger partial charge in [-0.3, -0.25) is 0 Å². The van der Waals surface area contributed by atoms with E-state index in [-0.39, 0.29) is 24.1 Å². The molecule has 0 aliphatic heterocycles. The van der Waals surface area contributed by atoms with Crippen LogP contribution < -0.4 is 10.5 Å². The monoisotopic (exact) mass is 275 g/mol. The topological polar surface area (TPSA) is 75.7 Å². The van der Waals surface area contributed by atoms with Crippen molar-refractivity contribution in [2.24, 2.45) is 11.7 Å². The summed E-state index contributed by atoms with van der Waals surface area (Å²) in [5.74, 6) is 0.735. The Bertz CT molecular complexity index is 373. The van der Waals surface area contributed by atoms with Gasteiger partial charge in [0.25, 0.3) is 0 Å². The molecule has 0 radical (unpaired) electrons. The molecule has 1 aromatic carbocycles. The summed E-state index contributed by atoms with van der Waals surface area (Å²) in [6.07, 6.45) is 0.230. The maximum absolute atomic E-state index is 10.1. The normalized spacial score (nSPS) is 15.4. The summed E-state index contributed by atoms with van der Waals surface area (Å²) < 4.78 is 5.16. The van der Waals surface area contributed by atoms with Crippen LogP contribution in [0.1, 0.15) is 31.9 Å². The molecule has 0 saturated heterocycles. The minimum atomic E-state index is -0.626. The van der Waals surface area contributed by atoms with Crippen LogP contribution in [0.4, 0.5) is 0 Å². The van der Waals surface area contributed by atoms with E-state index >= 15 is 0 Å². The van der Waals surface area contributed by atoms with Gasteiger partial charge >= 0.3 is 0 Å². The van der Waals surface area contributed by atoms with Gasteiger partial charge in [-0.15, -0.1) is 12.4 Å². The van der Waals surface area contributed by atoms with Crippen molar-refractivity contribution in [1.29, 1.82) is 0 Å². The molecule has 0 fully saturated rings. The van der Waals surface area contributed by atoms with Crippen LogP contribution in [0.3, 0.4) is 0 Å². The first-order valence-electron chi connectivity index (χ1n) is 5.81. The van der Waals surface area contributed by atoms with Gasteiger partial charge in [0.15, 0.2) is 0 Å². The molecule has 3 atom stereocenters. The molecule has 0 spiro atoms. The number of benzene rings is 1. The van der Waals surface area contributed by atoms with Crippen molar-refractivity contribution in [1.82, 2.24) is 0 Å². The molecule has 0 aromatic heterocycles. The van der Waals surface area contributed by atoms with Crippen molar-refractivity contribution < 1.29 is 14.9 Å². The minimum Gasteiger partial charge on any atom is -0.508 e. The quantitative estimate of drug-likeness (QED) is 0.770. The van der Waals surface area contributed by atoms with E-state index in [4.69, 9.17) is 10.5 Å². The zero-order valence-electron chi connectivity index (χ0n) is 11.0. The summed E-state index contributed by atoms with van der Waals surface area (Å²) in [5.41, 5.74) is 6.74. The number of halogens is 1. The molecule has 5 heteroatoms. The highest BCUT2D eigenvalue weighted by Crippen LogP contribution is 2.31. The van der Waals surface area contributed by atoms with E-state index in [1.807, 2.05) is 13.8 Å². The molecule has 18 heavy (non-hydrogen) atoms. The van der Waals surface area contributed by atoms with Crippen molar-refractivity contribution in [3.8, 4) is 11.5 Å². The average Bonchev–Trinajstić information content (AvgIpc) is 2.35. The Labute approximate surface area is 114 Å². The number of aliphatic hydroxyl groups is 1. The highest BCUT2D eigenvalue weighted by atomic mass is 35.5. The third-order valence-electron chi connectivity index (χ3n) is 3.17. The standard InChI is InChI=1S/C13H21NO3.ClH/c1-4-8(2)13(16)12(14)10-6-5-9(15)7-11(10)17-3;/h5-8,12-13,15-16H,4,14H2,1-3H3;1H/t8?,12-,13+;/m1./s1. The Morgan fingerprint density at radius 2 is 2.00 bits per heavy atom. The Balaban J connectivity index is 0.00000289. The zero-order chi connectivity index (χ0) is 13.0. The van der Waals surface area contributed by atoms with Crippen molar-refractivity contribution in [3.05, 3.63) is 23.8 Å². The van der Waals surface area contributed by atoms with Crippen LogP contribution in [-0.4, -0.2) is 23.4 Å². The van der Waals surface area contributed by atoms with Gasteiger partial charge in [-0.1, -0.05) is 20.3 Å². The molecule has 0 heterocycles. The van der Waals surface area contributed by atoms with Gasteiger partial charge in [0.05, 0.1) is 19.3 Å². The number of hydrogen-bond donors (Lipinski definition) is 3. The summed E-state index contributed by atoms with van der Waals surface area (Å²) >= 11 is 0. The Morgan fingerprint density at radius 1 is 1.39 bits per heavy atom. The number of nitrogens with two attached hydrogens (primary N) is 1. The van der Waals surface area contributed by atoms with Gasteiger partial charge in [-0.05, 0) is 18.1 Å². The number of aromatic hydroxyl groups is 1. The zero-order valence-corrected chi connectivity index (χ0v) is 11.8. The van der Waals surface area contributed by atoms with Gasteiger partial charge in [0.2, 0.25) is 0 Å². The summed E-state index contributed by atoms with van der Waals surface area (Å²) in [7, 11) is 1.51. The Hall–Kier alpha value is -0.970. The second-order valence-corrected chi connectivity index (χ2v) is 4.33. The van der Waals surface area contributed by atoms with Crippen LogP contribution in [-0.2, 0) is 0 Å². The molecule has 0 saturated carbocycles. The van der Waals surface area contributed by atoms with Crippen LogP contribution in [0.15, 0.2) is 18.2 Å². The second-order valence-electron chi connectivity index (χ2n) is 4.33. The lowest BCUT2D eigenvalue weighted by Gasteiger charge is -2.25. The molecule has 0 aliphatic rings.